The Morgan fingerprint density at radius 1 is 1.26 bits per heavy atom. The SMILES string of the molecule is CC(C)CC[C@H](C)NC(=O)C1CCN(C(=O)c2ccsc2)CC1. The first-order valence-electron chi connectivity index (χ1n) is 8.59. The van der Waals surface area contributed by atoms with E-state index in [1.165, 1.54) is 11.3 Å². The van der Waals surface area contributed by atoms with Crippen molar-refractivity contribution in [1.82, 2.24) is 10.2 Å². The molecule has 0 aromatic carbocycles. The first-order chi connectivity index (χ1) is 11.0. The molecule has 2 rings (SSSR count). The maximum absolute atomic E-state index is 12.3. The largest absolute Gasteiger partial charge is 0.353 e. The van der Waals surface area contributed by atoms with E-state index >= 15 is 0 Å². The van der Waals surface area contributed by atoms with Crippen LogP contribution in [0, 0.1) is 11.8 Å². The molecular formula is C18H28N2O2S. The maximum Gasteiger partial charge on any atom is 0.254 e. The van der Waals surface area contributed by atoms with Crippen molar-refractivity contribution in [2.45, 2.75) is 52.5 Å². The predicted molar refractivity (Wildman–Crippen MR) is 94.6 cm³/mol. The normalized spacial score (nSPS) is 17.3. The number of nitrogens with zero attached hydrogens (tertiary/aromatic N) is 1. The van der Waals surface area contributed by atoms with E-state index in [1.807, 2.05) is 21.7 Å². The number of hydrogen-bond acceptors (Lipinski definition) is 3. The van der Waals surface area contributed by atoms with Crippen LogP contribution in [-0.4, -0.2) is 35.8 Å². The summed E-state index contributed by atoms with van der Waals surface area (Å²) in [5.74, 6) is 0.961. The Hall–Kier alpha value is -1.36. The Morgan fingerprint density at radius 3 is 2.52 bits per heavy atom. The number of piperidine rings is 1. The average Bonchev–Trinajstić information content (AvgIpc) is 3.06. The van der Waals surface area contributed by atoms with E-state index < -0.39 is 0 Å². The van der Waals surface area contributed by atoms with Crippen LogP contribution >= 0.6 is 11.3 Å². The Morgan fingerprint density at radius 2 is 1.96 bits per heavy atom. The molecule has 1 aliphatic rings. The summed E-state index contributed by atoms with van der Waals surface area (Å²) in [5.41, 5.74) is 0.764. The van der Waals surface area contributed by atoms with Gasteiger partial charge in [-0.25, -0.2) is 0 Å². The minimum absolute atomic E-state index is 0.0445. The number of hydrogen-bond donors (Lipinski definition) is 1. The molecule has 0 unspecified atom stereocenters. The van der Waals surface area contributed by atoms with Crippen LogP contribution < -0.4 is 5.32 Å². The summed E-state index contributed by atoms with van der Waals surface area (Å²) in [7, 11) is 0. The van der Waals surface area contributed by atoms with Gasteiger partial charge in [0.25, 0.3) is 5.91 Å². The second-order valence-electron chi connectivity index (χ2n) is 6.96. The van der Waals surface area contributed by atoms with Gasteiger partial charge in [-0.1, -0.05) is 13.8 Å². The molecule has 0 aliphatic carbocycles. The third-order valence-corrected chi connectivity index (χ3v) is 5.17. The van der Waals surface area contributed by atoms with E-state index in [2.05, 4.69) is 26.1 Å². The summed E-state index contributed by atoms with van der Waals surface area (Å²) in [6, 6.07) is 2.10. The van der Waals surface area contributed by atoms with E-state index in [4.69, 9.17) is 0 Å². The van der Waals surface area contributed by atoms with Crippen molar-refractivity contribution in [1.29, 1.82) is 0 Å². The van der Waals surface area contributed by atoms with Crippen molar-refractivity contribution in [3.63, 3.8) is 0 Å². The van der Waals surface area contributed by atoms with Crippen LogP contribution in [-0.2, 0) is 4.79 Å². The van der Waals surface area contributed by atoms with Gasteiger partial charge in [0.2, 0.25) is 5.91 Å². The Bertz CT molecular complexity index is 505. The standard InChI is InChI=1S/C18H28N2O2S/c1-13(2)4-5-14(3)19-17(21)15-6-9-20(10-7-15)18(22)16-8-11-23-12-16/h8,11-15H,4-7,9-10H2,1-3H3,(H,19,21)/t14-/m0/s1. The van der Waals surface area contributed by atoms with Gasteiger partial charge in [0, 0.05) is 30.4 Å². The third kappa shape index (κ3) is 5.34. The molecule has 1 aromatic heterocycles. The Labute approximate surface area is 143 Å². The molecule has 0 radical (unpaired) electrons. The number of rotatable bonds is 6. The molecule has 4 nitrogen and oxygen atoms in total. The van der Waals surface area contributed by atoms with Gasteiger partial charge >= 0.3 is 0 Å². The van der Waals surface area contributed by atoms with Gasteiger partial charge in [0.05, 0.1) is 5.56 Å². The van der Waals surface area contributed by atoms with Crippen LogP contribution in [0.15, 0.2) is 16.8 Å². The molecule has 2 amide bonds. The minimum Gasteiger partial charge on any atom is -0.353 e. The second kappa shape index (κ2) is 8.48. The van der Waals surface area contributed by atoms with Gasteiger partial charge in [-0.3, -0.25) is 9.59 Å². The number of thiophene rings is 1. The van der Waals surface area contributed by atoms with Gasteiger partial charge in [-0.05, 0) is 50.0 Å². The fraction of sp³-hybridized carbons (Fsp3) is 0.667. The van der Waals surface area contributed by atoms with Crippen molar-refractivity contribution < 1.29 is 9.59 Å². The molecule has 0 bridgehead atoms. The van der Waals surface area contributed by atoms with E-state index in [1.54, 1.807) is 0 Å². The lowest BCUT2D eigenvalue weighted by Crippen LogP contribution is -2.44. The zero-order valence-corrected chi connectivity index (χ0v) is 15.2. The summed E-state index contributed by atoms with van der Waals surface area (Å²) in [6.07, 6.45) is 3.69. The summed E-state index contributed by atoms with van der Waals surface area (Å²) < 4.78 is 0. The lowest BCUT2D eigenvalue weighted by atomic mass is 9.94. The third-order valence-electron chi connectivity index (χ3n) is 4.49. The van der Waals surface area contributed by atoms with Gasteiger partial charge in [0.15, 0.2) is 0 Å². The zero-order chi connectivity index (χ0) is 16.8. The highest BCUT2D eigenvalue weighted by atomic mass is 32.1. The highest BCUT2D eigenvalue weighted by molar-refractivity contribution is 7.08. The number of carbonyl (C=O) groups excluding carboxylic acids is 2. The summed E-state index contributed by atoms with van der Waals surface area (Å²) in [5, 5.41) is 6.94. The summed E-state index contributed by atoms with van der Waals surface area (Å²) in [4.78, 5) is 26.5. The average molecular weight is 337 g/mol. The number of likely N-dealkylation sites (tertiary alicyclic amines) is 1. The van der Waals surface area contributed by atoms with E-state index in [0.29, 0.717) is 19.0 Å². The molecular weight excluding hydrogens is 308 g/mol. The van der Waals surface area contributed by atoms with E-state index in [0.717, 1.165) is 31.2 Å². The topological polar surface area (TPSA) is 49.4 Å². The molecule has 0 spiro atoms. The lowest BCUT2D eigenvalue weighted by molar-refractivity contribution is -0.127. The highest BCUT2D eigenvalue weighted by Crippen LogP contribution is 2.20. The van der Waals surface area contributed by atoms with Gasteiger partial charge < -0.3 is 10.2 Å². The first-order valence-corrected chi connectivity index (χ1v) is 9.53. The minimum atomic E-state index is 0.0445. The Balaban J connectivity index is 1.75. The van der Waals surface area contributed by atoms with Crippen LogP contribution in [0.2, 0.25) is 0 Å². The van der Waals surface area contributed by atoms with Gasteiger partial charge in [0.1, 0.15) is 0 Å². The smallest absolute Gasteiger partial charge is 0.254 e. The molecule has 1 atom stereocenters. The molecule has 1 saturated heterocycles. The fourth-order valence-electron chi connectivity index (χ4n) is 2.93. The summed E-state index contributed by atoms with van der Waals surface area (Å²) in [6.45, 7) is 7.83. The predicted octanol–water partition coefficient (Wildman–Crippen LogP) is 3.54. The second-order valence-corrected chi connectivity index (χ2v) is 7.74. The number of carbonyl (C=O) groups is 2. The van der Waals surface area contributed by atoms with Crippen molar-refractivity contribution in [2.24, 2.45) is 11.8 Å². The monoisotopic (exact) mass is 336 g/mol. The van der Waals surface area contributed by atoms with Crippen molar-refractivity contribution in [2.75, 3.05) is 13.1 Å². The quantitative estimate of drug-likeness (QED) is 0.864. The maximum atomic E-state index is 12.3. The number of amides is 2. The highest BCUT2D eigenvalue weighted by Gasteiger charge is 2.28. The van der Waals surface area contributed by atoms with Crippen molar-refractivity contribution >= 4 is 23.2 Å². The van der Waals surface area contributed by atoms with Crippen molar-refractivity contribution in [3.8, 4) is 0 Å². The van der Waals surface area contributed by atoms with Crippen LogP contribution in [0.25, 0.3) is 0 Å². The zero-order valence-electron chi connectivity index (χ0n) is 14.4. The molecule has 1 fully saturated rings. The van der Waals surface area contributed by atoms with Crippen LogP contribution in [0.4, 0.5) is 0 Å². The lowest BCUT2D eigenvalue weighted by Gasteiger charge is -2.31. The molecule has 5 heteroatoms. The fourth-order valence-corrected chi connectivity index (χ4v) is 3.56. The van der Waals surface area contributed by atoms with Gasteiger partial charge in [-0.2, -0.15) is 11.3 Å². The molecule has 23 heavy (non-hydrogen) atoms. The Kier molecular flexibility index (Phi) is 6.63. The first kappa shape index (κ1) is 18.0. The molecule has 128 valence electrons. The molecule has 2 heterocycles. The summed E-state index contributed by atoms with van der Waals surface area (Å²) >= 11 is 1.54. The van der Waals surface area contributed by atoms with Crippen LogP contribution in [0.1, 0.15) is 56.8 Å². The molecule has 1 aromatic rings. The van der Waals surface area contributed by atoms with E-state index in [9.17, 15) is 9.59 Å². The van der Waals surface area contributed by atoms with E-state index in [-0.39, 0.29) is 23.8 Å². The molecule has 1 aliphatic heterocycles. The van der Waals surface area contributed by atoms with Crippen LogP contribution in [0.3, 0.4) is 0 Å². The number of nitrogens with one attached hydrogen (secondary N) is 1. The van der Waals surface area contributed by atoms with Gasteiger partial charge in [-0.15, -0.1) is 0 Å². The van der Waals surface area contributed by atoms with Crippen LogP contribution in [0.5, 0.6) is 0 Å². The molecule has 0 saturated carbocycles. The van der Waals surface area contributed by atoms with Crippen molar-refractivity contribution in [3.05, 3.63) is 22.4 Å². The molecule has 1 N–H and O–H groups in total.